The van der Waals surface area contributed by atoms with Gasteiger partial charge in [0.25, 0.3) is 5.91 Å². The molecule has 2 aliphatic heterocycles. The highest BCUT2D eigenvalue weighted by atomic mass is 16.5. The van der Waals surface area contributed by atoms with Gasteiger partial charge in [-0.2, -0.15) is 0 Å². The van der Waals surface area contributed by atoms with Gasteiger partial charge >= 0.3 is 0 Å². The molecule has 1 atom stereocenters. The molecule has 0 spiro atoms. The third-order valence-corrected chi connectivity index (χ3v) is 5.67. The normalized spacial score (nSPS) is 25.3. The number of amides is 1. The number of nitrogens with one attached hydrogen (secondary N) is 1. The number of benzene rings is 2. The minimum Gasteiger partial charge on any atom is -0.489 e. The van der Waals surface area contributed by atoms with Crippen molar-refractivity contribution in [2.24, 2.45) is 5.92 Å². The summed E-state index contributed by atoms with van der Waals surface area (Å²) in [6.07, 6.45) is 2.43. The van der Waals surface area contributed by atoms with Crippen LogP contribution >= 0.6 is 0 Å². The molecule has 0 aromatic heterocycles. The zero-order chi connectivity index (χ0) is 17.9. The quantitative estimate of drug-likeness (QED) is 0.922. The Labute approximate surface area is 155 Å². The van der Waals surface area contributed by atoms with Crippen molar-refractivity contribution in [2.45, 2.75) is 25.8 Å². The fraction of sp³-hybridized carbons (Fsp3) is 0.409. The molecule has 1 amide bonds. The van der Waals surface area contributed by atoms with Gasteiger partial charge in [0.2, 0.25) is 0 Å². The summed E-state index contributed by atoms with van der Waals surface area (Å²) in [5.74, 6) is 1.78. The fourth-order valence-corrected chi connectivity index (χ4v) is 4.06. The first-order valence-corrected chi connectivity index (χ1v) is 9.65. The molecule has 4 rings (SSSR count). The third-order valence-electron chi connectivity index (χ3n) is 5.67. The van der Waals surface area contributed by atoms with Gasteiger partial charge in [-0.15, -0.1) is 0 Å². The summed E-state index contributed by atoms with van der Waals surface area (Å²) in [5, 5.41) is 0. The van der Waals surface area contributed by atoms with Crippen LogP contribution in [0, 0.1) is 5.92 Å². The van der Waals surface area contributed by atoms with E-state index in [4.69, 9.17) is 4.74 Å². The molecule has 2 heterocycles. The topological polar surface area (TPSA) is 34.0 Å². The minimum atomic E-state index is -0.0679. The van der Waals surface area contributed by atoms with Crippen LogP contribution in [-0.2, 0) is 4.79 Å². The Morgan fingerprint density at radius 1 is 1.08 bits per heavy atom. The van der Waals surface area contributed by atoms with Crippen LogP contribution < -0.4 is 14.5 Å². The highest BCUT2D eigenvalue weighted by molar-refractivity contribution is 5.96. The first-order chi connectivity index (χ1) is 12.7. The zero-order valence-corrected chi connectivity index (χ0v) is 15.4. The molecule has 2 aromatic carbocycles. The fourth-order valence-electron chi connectivity index (χ4n) is 4.06. The SMILES string of the molecule is CC1CC[NH+](CC(=O)N2c3ccccc3OC[C@H]2c2ccccc2)CC1. The number of anilines is 1. The van der Waals surface area contributed by atoms with Crippen molar-refractivity contribution < 1.29 is 14.4 Å². The summed E-state index contributed by atoms with van der Waals surface area (Å²) in [5.41, 5.74) is 2.01. The summed E-state index contributed by atoms with van der Waals surface area (Å²) in [6, 6.07) is 18.0. The van der Waals surface area contributed by atoms with E-state index in [1.165, 1.54) is 17.7 Å². The van der Waals surface area contributed by atoms with Gasteiger partial charge in [-0.25, -0.2) is 0 Å². The molecule has 0 saturated carbocycles. The maximum absolute atomic E-state index is 13.3. The number of quaternary nitrogens is 1. The van der Waals surface area contributed by atoms with Crippen molar-refractivity contribution in [3.05, 3.63) is 60.2 Å². The largest absolute Gasteiger partial charge is 0.489 e. The minimum absolute atomic E-state index is 0.0679. The lowest BCUT2D eigenvalue weighted by Gasteiger charge is -2.38. The van der Waals surface area contributed by atoms with Gasteiger partial charge in [-0.3, -0.25) is 9.69 Å². The highest BCUT2D eigenvalue weighted by Gasteiger charge is 2.35. The van der Waals surface area contributed by atoms with Crippen LogP contribution in [0.3, 0.4) is 0 Å². The van der Waals surface area contributed by atoms with Crippen molar-refractivity contribution >= 4 is 11.6 Å². The monoisotopic (exact) mass is 351 g/mol. The predicted octanol–water partition coefficient (Wildman–Crippen LogP) is 2.47. The van der Waals surface area contributed by atoms with Gasteiger partial charge in [0.05, 0.1) is 24.8 Å². The highest BCUT2D eigenvalue weighted by Crippen LogP contribution is 2.39. The lowest BCUT2D eigenvalue weighted by Crippen LogP contribution is -3.14. The molecule has 4 heteroatoms. The number of rotatable bonds is 3. The van der Waals surface area contributed by atoms with Crippen molar-refractivity contribution in [1.29, 1.82) is 0 Å². The molecule has 4 nitrogen and oxygen atoms in total. The van der Waals surface area contributed by atoms with Crippen LogP contribution in [0.2, 0.25) is 0 Å². The second kappa shape index (κ2) is 7.50. The Morgan fingerprint density at radius 3 is 2.54 bits per heavy atom. The van der Waals surface area contributed by atoms with E-state index in [0.717, 1.165) is 36.0 Å². The van der Waals surface area contributed by atoms with E-state index in [0.29, 0.717) is 13.2 Å². The Hall–Kier alpha value is -2.33. The van der Waals surface area contributed by atoms with Crippen molar-refractivity contribution in [3.8, 4) is 5.75 Å². The number of carbonyl (C=O) groups excluding carboxylic acids is 1. The molecular weight excluding hydrogens is 324 g/mol. The molecule has 1 saturated heterocycles. The number of carbonyl (C=O) groups is 1. The maximum atomic E-state index is 13.3. The average molecular weight is 351 g/mol. The number of para-hydroxylation sites is 2. The molecule has 0 bridgehead atoms. The molecule has 0 radical (unpaired) electrons. The van der Waals surface area contributed by atoms with Crippen LogP contribution in [0.4, 0.5) is 5.69 Å². The number of fused-ring (bicyclic) bond motifs is 1. The Morgan fingerprint density at radius 2 is 1.77 bits per heavy atom. The molecular formula is C22H27N2O2+. The van der Waals surface area contributed by atoms with E-state index in [1.807, 2.05) is 47.4 Å². The summed E-state index contributed by atoms with van der Waals surface area (Å²) >= 11 is 0. The van der Waals surface area contributed by atoms with E-state index < -0.39 is 0 Å². The molecule has 0 aliphatic carbocycles. The van der Waals surface area contributed by atoms with E-state index in [9.17, 15) is 4.79 Å². The van der Waals surface area contributed by atoms with Crippen LogP contribution in [0.15, 0.2) is 54.6 Å². The van der Waals surface area contributed by atoms with Gasteiger partial charge in [-0.05, 0) is 36.5 Å². The molecule has 136 valence electrons. The maximum Gasteiger partial charge on any atom is 0.282 e. The second-order valence-corrected chi connectivity index (χ2v) is 7.58. The Bertz CT molecular complexity index is 754. The molecule has 2 aliphatic rings. The predicted molar refractivity (Wildman–Crippen MR) is 103 cm³/mol. The van der Waals surface area contributed by atoms with Crippen LogP contribution in [0.1, 0.15) is 31.4 Å². The smallest absolute Gasteiger partial charge is 0.282 e. The van der Waals surface area contributed by atoms with Crippen LogP contribution in [0.25, 0.3) is 0 Å². The van der Waals surface area contributed by atoms with E-state index in [-0.39, 0.29) is 11.9 Å². The number of hydrogen-bond acceptors (Lipinski definition) is 2. The molecule has 1 N–H and O–H groups in total. The molecule has 26 heavy (non-hydrogen) atoms. The van der Waals surface area contributed by atoms with Gasteiger partial charge < -0.3 is 9.64 Å². The van der Waals surface area contributed by atoms with E-state index in [2.05, 4.69) is 19.1 Å². The standard InChI is InChI=1S/C22H26N2O2/c1-17-11-13-23(14-12-17)15-22(25)24-19-9-5-6-10-21(19)26-16-20(24)18-7-3-2-4-8-18/h2-10,17,20H,11-16H2,1H3/p+1/t20-/m0/s1. The summed E-state index contributed by atoms with van der Waals surface area (Å²) in [4.78, 5) is 16.7. The van der Waals surface area contributed by atoms with Crippen molar-refractivity contribution in [2.75, 3.05) is 31.1 Å². The number of hydrogen-bond donors (Lipinski definition) is 1. The van der Waals surface area contributed by atoms with Crippen LogP contribution in [0.5, 0.6) is 5.75 Å². The average Bonchev–Trinajstić information content (AvgIpc) is 2.69. The van der Waals surface area contributed by atoms with Gasteiger partial charge in [-0.1, -0.05) is 49.4 Å². The molecule has 1 fully saturated rings. The van der Waals surface area contributed by atoms with Crippen LogP contribution in [-0.4, -0.2) is 32.1 Å². The first-order valence-electron chi connectivity index (χ1n) is 9.65. The Kier molecular flexibility index (Phi) is 4.93. The second-order valence-electron chi connectivity index (χ2n) is 7.58. The van der Waals surface area contributed by atoms with Crippen molar-refractivity contribution in [1.82, 2.24) is 0 Å². The lowest BCUT2D eigenvalue weighted by molar-refractivity contribution is -0.898. The summed E-state index contributed by atoms with van der Waals surface area (Å²) in [7, 11) is 0. The van der Waals surface area contributed by atoms with Gasteiger partial charge in [0.1, 0.15) is 12.4 Å². The Balaban J connectivity index is 1.61. The van der Waals surface area contributed by atoms with Gasteiger partial charge in [0, 0.05) is 0 Å². The zero-order valence-electron chi connectivity index (χ0n) is 15.4. The number of nitrogens with zero attached hydrogens (tertiary/aromatic N) is 1. The number of likely N-dealkylation sites (tertiary alicyclic amines) is 1. The summed E-state index contributed by atoms with van der Waals surface area (Å²) < 4.78 is 5.97. The van der Waals surface area contributed by atoms with E-state index in [1.54, 1.807) is 0 Å². The number of ether oxygens (including phenoxy) is 1. The van der Waals surface area contributed by atoms with Gasteiger partial charge in [0.15, 0.2) is 6.54 Å². The van der Waals surface area contributed by atoms with Crippen molar-refractivity contribution in [3.63, 3.8) is 0 Å². The molecule has 0 unspecified atom stereocenters. The molecule has 2 aromatic rings. The van der Waals surface area contributed by atoms with E-state index >= 15 is 0 Å². The first kappa shape index (κ1) is 17.1. The lowest BCUT2D eigenvalue weighted by atomic mass is 9.99. The summed E-state index contributed by atoms with van der Waals surface area (Å²) in [6.45, 7) is 5.55. The third kappa shape index (κ3) is 3.47. The number of piperidine rings is 1.